The van der Waals surface area contributed by atoms with Crippen molar-refractivity contribution in [3.63, 3.8) is 0 Å². The first-order chi connectivity index (χ1) is 8.13. The fourth-order valence-electron chi connectivity index (χ4n) is 1.54. The first-order valence-corrected chi connectivity index (χ1v) is 5.50. The Morgan fingerprint density at radius 2 is 1.94 bits per heavy atom. The largest absolute Gasteiger partial charge is 0.324 e. The van der Waals surface area contributed by atoms with E-state index in [-0.39, 0.29) is 12.5 Å². The van der Waals surface area contributed by atoms with Crippen LogP contribution in [0.25, 0.3) is 0 Å². The van der Waals surface area contributed by atoms with E-state index in [1.165, 1.54) is 5.56 Å². The molecule has 0 aliphatic rings. The first kappa shape index (κ1) is 11.4. The third kappa shape index (κ3) is 3.17. The van der Waals surface area contributed by atoms with Crippen LogP contribution in [0, 0.1) is 13.8 Å². The lowest BCUT2D eigenvalue weighted by molar-refractivity contribution is -0.116. The summed E-state index contributed by atoms with van der Waals surface area (Å²) in [5.41, 5.74) is 2.89. The van der Waals surface area contributed by atoms with Gasteiger partial charge in [0.05, 0.1) is 5.69 Å². The lowest BCUT2D eigenvalue weighted by atomic mass is 10.2. The number of carbonyl (C=O) groups excluding carboxylic acids is 1. The third-order valence-corrected chi connectivity index (χ3v) is 2.41. The molecule has 1 amide bonds. The fraction of sp³-hybridized carbons (Fsp3) is 0.231. The van der Waals surface area contributed by atoms with Gasteiger partial charge < -0.3 is 5.32 Å². The topological polar surface area (TPSA) is 46.9 Å². The Hall–Kier alpha value is -2.10. The lowest BCUT2D eigenvalue weighted by Gasteiger charge is -2.05. The van der Waals surface area contributed by atoms with Gasteiger partial charge in [-0.15, -0.1) is 0 Å². The number of carbonyl (C=O) groups is 1. The van der Waals surface area contributed by atoms with E-state index >= 15 is 0 Å². The van der Waals surface area contributed by atoms with Crippen molar-refractivity contribution < 1.29 is 4.79 Å². The van der Waals surface area contributed by atoms with Crippen LogP contribution in [0.1, 0.15) is 11.3 Å². The molecule has 0 saturated heterocycles. The third-order valence-electron chi connectivity index (χ3n) is 2.41. The van der Waals surface area contributed by atoms with Gasteiger partial charge in [0.1, 0.15) is 6.54 Å². The number of rotatable bonds is 3. The monoisotopic (exact) mass is 229 g/mol. The Kier molecular flexibility index (Phi) is 3.23. The molecule has 0 saturated carbocycles. The molecule has 0 aliphatic heterocycles. The molecule has 2 aromatic rings. The highest BCUT2D eigenvalue weighted by Crippen LogP contribution is 2.08. The molecule has 1 aromatic carbocycles. The Morgan fingerprint density at radius 3 is 2.53 bits per heavy atom. The number of aryl methyl sites for hydroxylation is 2. The smallest absolute Gasteiger partial charge is 0.246 e. The van der Waals surface area contributed by atoms with Crippen LogP contribution in [0.15, 0.2) is 36.5 Å². The zero-order valence-corrected chi connectivity index (χ0v) is 9.97. The number of nitrogens with zero attached hydrogens (tertiary/aromatic N) is 2. The van der Waals surface area contributed by atoms with E-state index in [0.717, 1.165) is 11.4 Å². The number of anilines is 1. The Bertz CT molecular complexity index is 514. The molecule has 0 spiro atoms. The molecular weight excluding hydrogens is 214 g/mol. The molecule has 4 nitrogen and oxygen atoms in total. The minimum atomic E-state index is -0.0723. The average Bonchev–Trinajstić information content (AvgIpc) is 2.67. The number of hydrogen-bond acceptors (Lipinski definition) is 2. The quantitative estimate of drug-likeness (QED) is 0.876. The molecule has 4 heteroatoms. The predicted octanol–water partition coefficient (Wildman–Crippen LogP) is 2.14. The van der Waals surface area contributed by atoms with Crippen LogP contribution in [-0.2, 0) is 11.3 Å². The molecule has 88 valence electrons. The van der Waals surface area contributed by atoms with Crippen molar-refractivity contribution >= 4 is 11.6 Å². The number of hydrogen-bond donors (Lipinski definition) is 1. The van der Waals surface area contributed by atoms with Crippen molar-refractivity contribution in [1.82, 2.24) is 9.78 Å². The van der Waals surface area contributed by atoms with Gasteiger partial charge in [-0.2, -0.15) is 5.10 Å². The molecule has 0 atom stereocenters. The molecule has 0 bridgehead atoms. The van der Waals surface area contributed by atoms with Gasteiger partial charge in [-0.1, -0.05) is 17.7 Å². The summed E-state index contributed by atoms with van der Waals surface area (Å²) in [6.07, 6.45) is 1.80. The van der Waals surface area contributed by atoms with E-state index in [0.29, 0.717) is 0 Å². The number of aromatic nitrogens is 2. The maximum Gasteiger partial charge on any atom is 0.246 e. The average molecular weight is 229 g/mol. The molecule has 0 unspecified atom stereocenters. The van der Waals surface area contributed by atoms with Gasteiger partial charge in [0.15, 0.2) is 0 Å². The van der Waals surface area contributed by atoms with E-state index < -0.39 is 0 Å². The molecule has 0 aliphatic carbocycles. The highest BCUT2D eigenvalue weighted by Gasteiger charge is 2.04. The molecule has 2 rings (SSSR count). The number of benzene rings is 1. The van der Waals surface area contributed by atoms with E-state index in [2.05, 4.69) is 10.4 Å². The second-order valence-corrected chi connectivity index (χ2v) is 4.07. The van der Waals surface area contributed by atoms with Gasteiger partial charge in [-0.05, 0) is 32.0 Å². The first-order valence-electron chi connectivity index (χ1n) is 5.50. The lowest BCUT2D eigenvalue weighted by Crippen LogP contribution is -2.19. The molecule has 0 radical (unpaired) electrons. The summed E-state index contributed by atoms with van der Waals surface area (Å²) in [6, 6.07) is 9.59. The highest BCUT2D eigenvalue weighted by atomic mass is 16.2. The standard InChI is InChI=1S/C13H15N3O/c1-10-3-5-12(6-4-10)14-13(17)9-16-8-7-11(2)15-16/h3-8H,9H2,1-2H3,(H,14,17). The molecule has 0 fully saturated rings. The summed E-state index contributed by atoms with van der Waals surface area (Å²) in [6.45, 7) is 4.15. The highest BCUT2D eigenvalue weighted by molar-refractivity contribution is 5.90. The van der Waals surface area contributed by atoms with Crippen LogP contribution in [0.3, 0.4) is 0 Å². The second-order valence-electron chi connectivity index (χ2n) is 4.07. The van der Waals surface area contributed by atoms with E-state index in [9.17, 15) is 4.79 Å². The van der Waals surface area contributed by atoms with Crippen LogP contribution in [0.4, 0.5) is 5.69 Å². The van der Waals surface area contributed by atoms with Gasteiger partial charge in [0.2, 0.25) is 5.91 Å². The van der Waals surface area contributed by atoms with Crippen LogP contribution in [0.2, 0.25) is 0 Å². The number of nitrogens with one attached hydrogen (secondary N) is 1. The van der Waals surface area contributed by atoms with Crippen molar-refractivity contribution in [2.24, 2.45) is 0 Å². The van der Waals surface area contributed by atoms with Gasteiger partial charge in [0.25, 0.3) is 0 Å². The summed E-state index contributed by atoms with van der Waals surface area (Å²) < 4.78 is 1.62. The predicted molar refractivity (Wildman–Crippen MR) is 66.8 cm³/mol. The zero-order valence-electron chi connectivity index (χ0n) is 9.97. The van der Waals surface area contributed by atoms with Crippen molar-refractivity contribution in [1.29, 1.82) is 0 Å². The molecule has 1 heterocycles. The maximum absolute atomic E-state index is 11.7. The summed E-state index contributed by atoms with van der Waals surface area (Å²) in [7, 11) is 0. The Labute approximate surface area is 100 Å². The van der Waals surface area contributed by atoms with Crippen molar-refractivity contribution in [3.8, 4) is 0 Å². The molecule has 1 aromatic heterocycles. The minimum absolute atomic E-state index is 0.0723. The zero-order chi connectivity index (χ0) is 12.3. The summed E-state index contributed by atoms with van der Waals surface area (Å²) in [5, 5.41) is 6.99. The molecular formula is C13H15N3O. The maximum atomic E-state index is 11.7. The SMILES string of the molecule is Cc1ccc(NC(=O)Cn2ccc(C)n2)cc1. The Morgan fingerprint density at radius 1 is 1.24 bits per heavy atom. The summed E-state index contributed by atoms with van der Waals surface area (Å²) in [4.78, 5) is 11.7. The van der Waals surface area contributed by atoms with Crippen LogP contribution in [0.5, 0.6) is 0 Å². The van der Waals surface area contributed by atoms with Crippen LogP contribution < -0.4 is 5.32 Å². The van der Waals surface area contributed by atoms with Gasteiger partial charge >= 0.3 is 0 Å². The van der Waals surface area contributed by atoms with Crippen molar-refractivity contribution in [2.45, 2.75) is 20.4 Å². The van der Waals surface area contributed by atoms with Gasteiger partial charge in [-0.25, -0.2) is 0 Å². The normalized spacial score (nSPS) is 10.2. The minimum Gasteiger partial charge on any atom is -0.324 e. The van der Waals surface area contributed by atoms with Crippen LogP contribution >= 0.6 is 0 Å². The van der Waals surface area contributed by atoms with Crippen molar-refractivity contribution in [3.05, 3.63) is 47.8 Å². The second kappa shape index (κ2) is 4.82. The van der Waals surface area contributed by atoms with E-state index in [1.807, 2.05) is 44.2 Å². The molecule has 17 heavy (non-hydrogen) atoms. The summed E-state index contributed by atoms with van der Waals surface area (Å²) in [5.74, 6) is -0.0723. The van der Waals surface area contributed by atoms with Gasteiger partial charge in [-0.3, -0.25) is 9.48 Å². The van der Waals surface area contributed by atoms with Gasteiger partial charge in [0, 0.05) is 11.9 Å². The Balaban J connectivity index is 1.95. The van der Waals surface area contributed by atoms with E-state index in [1.54, 1.807) is 10.9 Å². The van der Waals surface area contributed by atoms with Crippen LogP contribution in [-0.4, -0.2) is 15.7 Å². The molecule has 1 N–H and O–H groups in total. The fourth-order valence-corrected chi connectivity index (χ4v) is 1.54. The van der Waals surface area contributed by atoms with E-state index in [4.69, 9.17) is 0 Å². The van der Waals surface area contributed by atoms with Crippen molar-refractivity contribution in [2.75, 3.05) is 5.32 Å². The number of amides is 1. The summed E-state index contributed by atoms with van der Waals surface area (Å²) >= 11 is 0.